The minimum absolute atomic E-state index is 0.0754. The molecule has 1 rings (SSSR count). The Labute approximate surface area is 128 Å². The Bertz CT molecular complexity index is 444. The summed E-state index contributed by atoms with van der Waals surface area (Å²) in [6, 6.07) is 5.20. The van der Waals surface area contributed by atoms with Crippen molar-refractivity contribution in [3.05, 3.63) is 23.8 Å². The number of nitrogen functional groups attached to an aromatic ring is 1. The number of carbonyl (C=O) groups excluding carboxylic acids is 1. The van der Waals surface area contributed by atoms with E-state index in [1.807, 2.05) is 0 Å². The maximum Gasteiger partial charge on any atom is 0.251 e. The van der Waals surface area contributed by atoms with Gasteiger partial charge in [-0.05, 0) is 30.5 Å². The van der Waals surface area contributed by atoms with Crippen LogP contribution in [0.4, 0.5) is 5.69 Å². The first-order valence-electron chi connectivity index (χ1n) is 7.85. The van der Waals surface area contributed by atoms with Crippen molar-refractivity contribution in [3.8, 4) is 5.75 Å². The molecule has 0 unspecified atom stereocenters. The highest BCUT2D eigenvalue weighted by Gasteiger charge is 2.09. The largest absolute Gasteiger partial charge is 0.491 e. The Hall–Kier alpha value is -1.71. The number of rotatable bonds is 9. The molecule has 1 aromatic carbocycles. The van der Waals surface area contributed by atoms with Crippen LogP contribution in [0.5, 0.6) is 5.75 Å². The molecule has 3 N–H and O–H groups in total. The quantitative estimate of drug-likeness (QED) is 0.540. The molecule has 1 aromatic rings. The molecule has 0 aliphatic carbocycles. The Morgan fingerprint density at radius 3 is 2.67 bits per heavy atom. The molecule has 0 bridgehead atoms. The van der Waals surface area contributed by atoms with Crippen LogP contribution in [0.2, 0.25) is 0 Å². The summed E-state index contributed by atoms with van der Waals surface area (Å²) in [5, 5.41) is 2.92. The van der Waals surface area contributed by atoms with Gasteiger partial charge < -0.3 is 15.8 Å². The summed E-state index contributed by atoms with van der Waals surface area (Å²) in [6.45, 7) is 7.66. The van der Waals surface area contributed by atoms with Crippen molar-refractivity contribution in [1.29, 1.82) is 0 Å². The normalized spacial score (nSPS) is 10.7. The van der Waals surface area contributed by atoms with E-state index >= 15 is 0 Å². The topological polar surface area (TPSA) is 64.3 Å². The van der Waals surface area contributed by atoms with Crippen LogP contribution >= 0.6 is 0 Å². The fraction of sp³-hybridized carbons (Fsp3) is 0.588. The zero-order valence-corrected chi connectivity index (χ0v) is 13.4. The molecule has 0 saturated carbocycles. The summed E-state index contributed by atoms with van der Waals surface area (Å²) in [5.41, 5.74) is 7.03. The van der Waals surface area contributed by atoms with Gasteiger partial charge >= 0.3 is 0 Å². The molecule has 1 amide bonds. The fourth-order valence-corrected chi connectivity index (χ4v) is 1.93. The second-order valence-corrected chi connectivity index (χ2v) is 5.77. The average molecular weight is 292 g/mol. The monoisotopic (exact) mass is 292 g/mol. The van der Waals surface area contributed by atoms with Gasteiger partial charge in [0.05, 0.1) is 12.3 Å². The van der Waals surface area contributed by atoms with Gasteiger partial charge in [-0.3, -0.25) is 4.79 Å². The number of carbonyl (C=O) groups is 1. The number of benzene rings is 1. The van der Waals surface area contributed by atoms with E-state index in [1.54, 1.807) is 18.2 Å². The highest BCUT2D eigenvalue weighted by molar-refractivity contribution is 5.95. The van der Waals surface area contributed by atoms with Crippen LogP contribution in [0.1, 0.15) is 56.8 Å². The number of hydrogen-bond donors (Lipinski definition) is 2. The van der Waals surface area contributed by atoms with Crippen LogP contribution < -0.4 is 15.8 Å². The first-order chi connectivity index (χ1) is 10.0. The van der Waals surface area contributed by atoms with Gasteiger partial charge in [0.1, 0.15) is 5.75 Å². The van der Waals surface area contributed by atoms with E-state index in [2.05, 4.69) is 26.1 Å². The van der Waals surface area contributed by atoms with Crippen molar-refractivity contribution in [2.24, 2.45) is 5.92 Å². The number of nitrogens with one attached hydrogen (secondary N) is 1. The van der Waals surface area contributed by atoms with Crippen LogP contribution in [0, 0.1) is 5.92 Å². The van der Waals surface area contributed by atoms with E-state index in [0.29, 0.717) is 36.1 Å². The number of nitrogens with two attached hydrogens (primary N) is 1. The summed E-state index contributed by atoms with van der Waals surface area (Å²) in [5.74, 6) is 1.01. The van der Waals surface area contributed by atoms with Crippen LogP contribution in [-0.2, 0) is 0 Å². The molecule has 0 atom stereocenters. The smallest absolute Gasteiger partial charge is 0.251 e. The van der Waals surface area contributed by atoms with Gasteiger partial charge in [-0.2, -0.15) is 0 Å². The highest BCUT2D eigenvalue weighted by atomic mass is 16.5. The molecule has 0 aromatic heterocycles. The molecule has 0 saturated heterocycles. The fourth-order valence-electron chi connectivity index (χ4n) is 1.93. The summed E-state index contributed by atoms with van der Waals surface area (Å²) >= 11 is 0. The minimum Gasteiger partial charge on any atom is -0.491 e. The molecule has 0 heterocycles. The first kappa shape index (κ1) is 17.3. The third-order valence-corrected chi connectivity index (χ3v) is 3.16. The van der Waals surface area contributed by atoms with Crippen LogP contribution in [-0.4, -0.2) is 19.1 Å². The second kappa shape index (κ2) is 9.27. The Kier molecular flexibility index (Phi) is 7.65. The van der Waals surface area contributed by atoms with Crippen LogP contribution in [0.3, 0.4) is 0 Å². The van der Waals surface area contributed by atoms with E-state index in [9.17, 15) is 4.79 Å². The lowest BCUT2D eigenvalue weighted by Gasteiger charge is -2.12. The summed E-state index contributed by atoms with van der Waals surface area (Å²) < 4.78 is 5.60. The Balaban J connectivity index is 2.48. The third-order valence-electron chi connectivity index (χ3n) is 3.16. The summed E-state index contributed by atoms with van der Waals surface area (Å²) in [6.07, 6.45) is 4.58. The van der Waals surface area contributed by atoms with Gasteiger partial charge in [0.2, 0.25) is 0 Å². The number of amides is 1. The molecule has 4 heteroatoms. The van der Waals surface area contributed by atoms with Gasteiger partial charge in [-0.15, -0.1) is 0 Å². The lowest BCUT2D eigenvalue weighted by molar-refractivity contribution is 0.0953. The second-order valence-electron chi connectivity index (χ2n) is 5.77. The molecule has 0 fully saturated rings. The van der Waals surface area contributed by atoms with E-state index in [4.69, 9.17) is 10.5 Å². The van der Waals surface area contributed by atoms with Crippen molar-refractivity contribution >= 4 is 11.6 Å². The van der Waals surface area contributed by atoms with Crippen molar-refractivity contribution in [2.45, 2.75) is 46.5 Å². The predicted octanol–water partition coefficient (Wildman–Crippen LogP) is 3.61. The zero-order valence-electron chi connectivity index (χ0n) is 13.4. The maximum absolute atomic E-state index is 12.0. The lowest BCUT2D eigenvalue weighted by Crippen LogP contribution is -2.24. The van der Waals surface area contributed by atoms with Gasteiger partial charge in [-0.25, -0.2) is 0 Å². The molecule has 118 valence electrons. The van der Waals surface area contributed by atoms with Crippen molar-refractivity contribution in [1.82, 2.24) is 5.32 Å². The van der Waals surface area contributed by atoms with Gasteiger partial charge in [-0.1, -0.05) is 40.0 Å². The summed E-state index contributed by atoms with van der Waals surface area (Å²) in [7, 11) is 0. The highest BCUT2D eigenvalue weighted by Crippen LogP contribution is 2.23. The molecule has 0 spiro atoms. The first-order valence-corrected chi connectivity index (χ1v) is 7.85. The summed E-state index contributed by atoms with van der Waals surface area (Å²) in [4.78, 5) is 12.0. The molecule has 4 nitrogen and oxygen atoms in total. The minimum atomic E-state index is -0.0754. The number of ether oxygens (including phenoxy) is 1. The van der Waals surface area contributed by atoms with E-state index in [0.717, 1.165) is 12.8 Å². The molecular formula is C17H28N2O2. The molecule has 21 heavy (non-hydrogen) atoms. The lowest BCUT2D eigenvalue weighted by atomic mass is 10.1. The van der Waals surface area contributed by atoms with Crippen molar-refractivity contribution in [2.75, 3.05) is 18.9 Å². The SMILES string of the molecule is CCCCCCNC(=O)c1ccc(OCC(C)C)c(N)c1. The van der Waals surface area contributed by atoms with E-state index in [1.165, 1.54) is 12.8 Å². The molecule has 0 radical (unpaired) electrons. The maximum atomic E-state index is 12.0. The van der Waals surface area contributed by atoms with Gasteiger partial charge in [0, 0.05) is 12.1 Å². The Morgan fingerprint density at radius 1 is 1.29 bits per heavy atom. The third kappa shape index (κ3) is 6.52. The van der Waals surface area contributed by atoms with Gasteiger partial charge in [0.25, 0.3) is 5.91 Å². The predicted molar refractivity (Wildman–Crippen MR) is 87.7 cm³/mol. The molecule has 0 aliphatic rings. The zero-order chi connectivity index (χ0) is 15.7. The van der Waals surface area contributed by atoms with E-state index < -0.39 is 0 Å². The van der Waals surface area contributed by atoms with Crippen LogP contribution in [0.15, 0.2) is 18.2 Å². The standard InChI is InChI=1S/C17H28N2O2/c1-4-5-6-7-10-19-17(20)14-8-9-16(15(18)11-14)21-12-13(2)3/h8-9,11,13H,4-7,10,12,18H2,1-3H3,(H,19,20). The van der Waals surface area contributed by atoms with Crippen LogP contribution in [0.25, 0.3) is 0 Å². The van der Waals surface area contributed by atoms with E-state index in [-0.39, 0.29) is 5.91 Å². The number of unbranched alkanes of at least 4 members (excludes halogenated alkanes) is 3. The number of hydrogen-bond acceptors (Lipinski definition) is 3. The van der Waals surface area contributed by atoms with Crippen molar-refractivity contribution < 1.29 is 9.53 Å². The molecule has 0 aliphatic heterocycles. The number of anilines is 1. The van der Waals surface area contributed by atoms with Gasteiger partial charge in [0.15, 0.2) is 0 Å². The molecular weight excluding hydrogens is 264 g/mol. The van der Waals surface area contributed by atoms with Crippen molar-refractivity contribution in [3.63, 3.8) is 0 Å². The Morgan fingerprint density at radius 2 is 2.05 bits per heavy atom. The average Bonchev–Trinajstić information content (AvgIpc) is 2.45.